The minimum absolute atomic E-state index is 0.111. The number of fused-ring (bicyclic) bond motifs is 1. The molecule has 0 fully saturated rings. The highest BCUT2D eigenvalue weighted by Gasteiger charge is 2.37. The van der Waals surface area contributed by atoms with Gasteiger partial charge in [-0.1, -0.05) is 64.6 Å². The second kappa shape index (κ2) is 6.12. The van der Waals surface area contributed by atoms with Gasteiger partial charge in [-0.05, 0) is 70.1 Å². The Morgan fingerprint density at radius 1 is 0.923 bits per heavy atom. The van der Waals surface area contributed by atoms with E-state index >= 15 is 0 Å². The molecule has 0 bridgehead atoms. The van der Waals surface area contributed by atoms with Crippen molar-refractivity contribution in [2.45, 2.75) is 58.3 Å². The lowest BCUT2D eigenvalue weighted by atomic mass is 9.62. The summed E-state index contributed by atoms with van der Waals surface area (Å²) in [6, 6.07) is 11.7. The normalized spacial score (nSPS) is 17.4. The zero-order valence-corrected chi connectivity index (χ0v) is 16.4. The van der Waals surface area contributed by atoms with Gasteiger partial charge in [0.05, 0.1) is 5.56 Å². The van der Waals surface area contributed by atoms with Crippen LogP contribution in [0, 0.1) is 6.92 Å². The van der Waals surface area contributed by atoms with Crippen molar-refractivity contribution in [3.8, 4) is 0 Å². The molecule has 136 valence electrons. The SMILES string of the molecule is C=C(c1cc2c(cc1C)C(C)(C)CCC2(C)C)c1ccccc1C(=O)O. The van der Waals surface area contributed by atoms with Gasteiger partial charge < -0.3 is 5.11 Å². The van der Waals surface area contributed by atoms with E-state index in [0.717, 1.165) is 23.1 Å². The van der Waals surface area contributed by atoms with Gasteiger partial charge in [-0.25, -0.2) is 4.79 Å². The lowest BCUT2D eigenvalue weighted by Crippen LogP contribution is -2.34. The maximum absolute atomic E-state index is 11.6. The molecule has 2 nitrogen and oxygen atoms in total. The Balaban J connectivity index is 2.19. The Hall–Kier alpha value is -2.35. The number of carbonyl (C=O) groups is 1. The van der Waals surface area contributed by atoms with Crippen LogP contribution in [0.4, 0.5) is 0 Å². The molecule has 0 unspecified atom stereocenters. The Morgan fingerprint density at radius 3 is 1.96 bits per heavy atom. The van der Waals surface area contributed by atoms with Crippen LogP contribution in [-0.2, 0) is 10.8 Å². The summed E-state index contributed by atoms with van der Waals surface area (Å²) in [5.41, 5.74) is 7.02. The minimum atomic E-state index is -0.918. The number of rotatable bonds is 3. The number of aromatic carboxylic acids is 1. The van der Waals surface area contributed by atoms with Crippen LogP contribution in [0.25, 0.3) is 5.57 Å². The molecule has 1 N–H and O–H groups in total. The van der Waals surface area contributed by atoms with Crippen LogP contribution in [0.1, 0.15) is 78.7 Å². The van der Waals surface area contributed by atoms with E-state index in [1.54, 1.807) is 12.1 Å². The number of hydrogen-bond donors (Lipinski definition) is 1. The van der Waals surface area contributed by atoms with Crippen molar-refractivity contribution in [2.75, 3.05) is 0 Å². The van der Waals surface area contributed by atoms with Crippen molar-refractivity contribution in [1.82, 2.24) is 0 Å². The highest BCUT2D eigenvalue weighted by atomic mass is 16.4. The van der Waals surface area contributed by atoms with E-state index < -0.39 is 5.97 Å². The van der Waals surface area contributed by atoms with Gasteiger partial charge in [-0.15, -0.1) is 0 Å². The first-order chi connectivity index (χ1) is 12.0. The van der Waals surface area contributed by atoms with Gasteiger partial charge in [0, 0.05) is 0 Å². The number of hydrogen-bond acceptors (Lipinski definition) is 1. The minimum Gasteiger partial charge on any atom is -0.478 e. The Bertz CT molecular complexity index is 900. The van der Waals surface area contributed by atoms with Gasteiger partial charge in [-0.3, -0.25) is 0 Å². The van der Waals surface area contributed by atoms with Crippen molar-refractivity contribution in [3.63, 3.8) is 0 Å². The molecule has 1 aliphatic carbocycles. The lowest BCUT2D eigenvalue weighted by Gasteiger charge is -2.42. The second-order valence-electron chi connectivity index (χ2n) is 8.81. The van der Waals surface area contributed by atoms with Gasteiger partial charge in [0.25, 0.3) is 0 Å². The third kappa shape index (κ3) is 2.98. The summed E-state index contributed by atoms with van der Waals surface area (Å²) < 4.78 is 0. The summed E-state index contributed by atoms with van der Waals surface area (Å²) in [7, 11) is 0. The van der Waals surface area contributed by atoms with Crippen LogP contribution >= 0.6 is 0 Å². The topological polar surface area (TPSA) is 37.3 Å². The van der Waals surface area contributed by atoms with Crippen LogP contribution in [0.5, 0.6) is 0 Å². The molecule has 0 aromatic heterocycles. The Labute approximate surface area is 156 Å². The molecule has 0 heterocycles. The quantitative estimate of drug-likeness (QED) is 0.727. The third-order valence-corrected chi connectivity index (χ3v) is 6.01. The Morgan fingerprint density at radius 2 is 1.42 bits per heavy atom. The fourth-order valence-electron chi connectivity index (χ4n) is 4.13. The van der Waals surface area contributed by atoms with Crippen LogP contribution < -0.4 is 0 Å². The number of carboxylic acids is 1. The largest absolute Gasteiger partial charge is 0.478 e. The zero-order chi connectivity index (χ0) is 19.3. The summed E-state index contributed by atoms with van der Waals surface area (Å²) >= 11 is 0. The van der Waals surface area contributed by atoms with Crippen molar-refractivity contribution in [2.24, 2.45) is 0 Å². The molecule has 0 radical (unpaired) electrons. The van der Waals surface area contributed by atoms with Gasteiger partial charge in [0.15, 0.2) is 0 Å². The van der Waals surface area contributed by atoms with Crippen molar-refractivity contribution < 1.29 is 9.90 Å². The summed E-state index contributed by atoms with van der Waals surface area (Å²) in [6.07, 6.45) is 2.32. The van der Waals surface area contributed by atoms with Crippen LogP contribution in [-0.4, -0.2) is 11.1 Å². The molecule has 2 heteroatoms. The molecule has 0 amide bonds. The van der Waals surface area contributed by atoms with E-state index in [4.69, 9.17) is 0 Å². The summed E-state index contributed by atoms with van der Waals surface area (Å²) in [6.45, 7) is 15.6. The van der Waals surface area contributed by atoms with E-state index in [0.29, 0.717) is 11.1 Å². The standard InChI is InChI=1S/C24H28O2/c1-15-13-20-21(24(5,6)12-11-23(20,3)4)14-19(15)16(2)17-9-7-8-10-18(17)22(25)26/h7-10,13-14H,2,11-12H2,1,3-6H3,(H,25,26). The lowest BCUT2D eigenvalue weighted by molar-refractivity contribution is 0.0696. The van der Waals surface area contributed by atoms with E-state index in [2.05, 4.69) is 53.3 Å². The first kappa shape index (κ1) is 18.4. The molecule has 2 aromatic carbocycles. The molecular weight excluding hydrogens is 320 g/mol. The average molecular weight is 348 g/mol. The number of benzene rings is 2. The average Bonchev–Trinajstić information content (AvgIpc) is 2.58. The molecule has 26 heavy (non-hydrogen) atoms. The van der Waals surface area contributed by atoms with E-state index in [1.165, 1.54) is 17.5 Å². The molecule has 0 spiro atoms. The molecular formula is C24H28O2. The van der Waals surface area contributed by atoms with Crippen molar-refractivity contribution in [3.05, 3.63) is 76.4 Å². The molecule has 0 saturated carbocycles. The first-order valence-corrected chi connectivity index (χ1v) is 9.22. The zero-order valence-electron chi connectivity index (χ0n) is 16.4. The number of aryl methyl sites for hydroxylation is 1. The summed E-state index contributed by atoms with van der Waals surface area (Å²) in [5, 5.41) is 9.53. The summed E-state index contributed by atoms with van der Waals surface area (Å²) in [5.74, 6) is -0.918. The molecule has 2 aromatic rings. The molecule has 3 rings (SSSR count). The highest BCUT2D eigenvalue weighted by Crippen LogP contribution is 2.47. The monoisotopic (exact) mass is 348 g/mol. The van der Waals surface area contributed by atoms with Gasteiger partial charge in [0.2, 0.25) is 0 Å². The second-order valence-corrected chi connectivity index (χ2v) is 8.81. The fraction of sp³-hybridized carbons (Fsp3) is 0.375. The van der Waals surface area contributed by atoms with E-state index in [1.807, 2.05) is 12.1 Å². The van der Waals surface area contributed by atoms with Crippen molar-refractivity contribution in [1.29, 1.82) is 0 Å². The predicted molar refractivity (Wildman–Crippen MR) is 108 cm³/mol. The van der Waals surface area contributed by atoms with E-state index in [9.17, 15) is 9.90 Å². The molecule has 0 atom stereocenters. The predicted octanol–water partition coefficient (Wildman–Crippen LogP) is 6.10. The highest BCUT2D eigenvalue weighted by molar-refractivity contribution is 5.96. The number of carboxylic acid groups (broad SMARTS) is 1. The van der Waals surface area contributed by atoms with Gasteiger partial charge in [-0.2, -0.15) is 0 Å². The molecule has 1 aliphatic rings. The maximum Gasteiger partial charge on any atom is 0.336 e. The van der Waals surface area contributed by atoms with Gasteiger partial charge in [0.1, 0.15) is 0 Å². The first-order valence-electron chi connectivity index (χ1n) is 9.22. The smallest absolute Gasteiger partial charge is 0.336 e. The molecule has 0 aliphatic heterocycles. The maximum atomic E-state index is 11.6. The summed E-state index contributed by atoms with van der Waals surface area (Å²) in [4.78, 5) is 11.6. The van der Waals surface area contributed by atoms with Crippen molar-refractivity contribution >= 4 is 11.5 Å². The van der Waals surface area contributed by atoms with Crippen LogP contribution in [0.3, 0.4) is 0 Å². The molecule has 0 saturated heterocycles. The third-order valence-electron chi connectivity index (χ3n) is 6.01. The fourth-order valence-corrected chi connectivity index (χ4v) is 4.13. The van der Waals surface area contributed by atoms with Crippen LogP contribution in [0.15, 0.2) is 43.0 Å². The van der Waals surface area contributed by atoms with Gasteiger partial charge >= 0.3 is 5.97 Å². The Kier molecular flexibility index (Phi) is 4.34. The van der Waals surface area contributed by atoms with Crippen LogP contribution in [0.2, 0.25) is 0 Å². The van der Waals surface area contributed by atoms with E-state index in [-0.39, 0.29) is 10.8 Å².